The molecule has 0 saturated heterocycles. The van der Waals surface area contributed by atoms with Gasteiger partial charge >= 0.3 is 0 Å². The lowest BCUT2D eigenvalue weighted by molar-refractivity contribution is 0.544. The van der Waals surface area contributed by atoms with Crippen molar-refractivity contribution < 1.29 is 0 Å². The van der Waals surface area contributed by atoms with Crippen molar-refractivity contribution in [3.63, 3.8) is 0 Å². The molecular weight excluding hydrogens is 1170 g/mol. The first kappa shape index (κ1) is 70.6. The number of hydrogen-bond donors (Lipinski definition) is 1. The van der Waals surface area contributed by atoms with E-state index in [-0.39, 0.29) is 11.8 Å². The van der Waals surface area contributed by atoms with Gasteiger partial charge in [-0.2, -0.15) is 0 Å². The Balaban J connectivity index is 1.58. The van der Waals surface area contributed by atoms with Crippen LogP contribution in [0.1, 0.15) is 84.6 Å². The average molecular weight is 1270 g/mol. The van der Waals surface area contributed by atoms with Gasteiger partial charge in [0, 0.05) is 33.7 Å². The highest BCUT2D eigenvalue weighted by atomic mass is 15.2. The molecule has 2 N–H and O–H groups in total. The fraction of sp³-hybridized carbons (Fsp3) is 0.170. The topological polar surface area (TPSA) is 32.5 Å². The molecule has 97 heavy (non-hydrogen) atoms. The molecule has 2 atom stereocenters. The predicted octanol–water partition coefficient (Wildman–Crippen LogP) is 25.7. The minimum absolute atomic E-state index is 0.101. The summed E-state index contributed by atoms with van der Waals surface area (Å²) in [5.41, 5.74) is 23.3. The van der Waals surface area contributed by atoms with Gasteiger partial charge in [0.1, 0.15) is 0 Å². The van der Waals surface area contributed by atoms with Crippen LogP contribution in [0.15, 0.2) is 410 Å². The van der Waals surface area contributed by atoms with E-state index in [0.717, 1.165) is 134 Å². The van der Waals surface area contributed by atoms with Crippen LogP contribution in [0.5, 0.6) is 0 Å². The Hall–Kier alpha value is -10.7. The third-order valence-corrected chi connectivity index (χ3v) is 17.3. The molecule has 9 rings (SSSR count). The van der Waals surface area contributed by atoms with Crippen molar-refractivity contribution in [1.82, 2.24) is 0 Å². The smallest absolute Gasteiger partial charge is 0.0778 e. The second-order valence-electron chi connectivity index (χ2n) is 24.8. The second kappa shape index (κ2) is 38.6. The molecule has 488 valence electrons. The van der Waals surface area contributed by atoms with E-state index in [2.05, 4.69) is 372 Å². The first-order valence-electron chi connectivity index (χ1n) is 34.8. The molecule has 2 aliphatic rings. The van der Waals surface area contributed by atoms with Crippen molar-refractivity contribution in [2.75, 3.05) is 9.80 Å². The van der Waals surface area contributed by atoms with Crippen LogP contribution in [0.4, 0.5) is 17.1 Å². The normalized spacial score (nSPS) is 18.6. The highest BCUT2D eigenvalue weighted by Crippen LogP contribution is 2.50. The van der Waals surface area contributed by atoms with Crippen LogP contribution in [0.2, 0.25) is 0 Å². The number of rotatable bonds is 30. The van der Waals surface area contributed by atoms with E-state index in [4.69, 9.17) is 12.3 Å². The van der Waals surface area contributed by atoms with Crippen molar-refractivity contribution in [3.8, 4) is 22.3 Å². The van der Waals surface area contributed by atoms with Crippen molar-refractivity contribution in [2.45, 2.75) is 85.5 Å². The fourth-order valence-electron chi connectivity index (χ4n) is 12.5. The summed E-state index contributed by atoms with van der Waals surface area (Å²) in [6, 6.07) is 66.1. The van der Waals surface area contributed by atoms with Crippen LogP contribution < -0.4 is 15.5 Å². The molecule has 0 fully saturated rings. The molecule has 0 aliphatic heterocycles. The van der Waals surface area contributed by atoms with E-state index in [1.165, 1.54) is 11.1 Å². The van der Waals surface area contributed by atoms with Crippen LogP contribution >= 0.6 is 0 Å². The van der Waals surface area contributed by atoms with E-state index in [1.807, 2.05) is 18.2 Å². The zero-order valence-corrected chi connectivity index (χ0v) is 57.5. The van der Waals surface area contributed by atoms with Gasteiger partial charge in [0.2, 0.25) is 0 Å². The zero-order valence-electron chi connectivity index (χ0n) is 57.5. The highest BCUT2D eigenvalue weighted by molar-refractivity contribution is 6.00. The van der Waals surface area contributed by atoms with Crippen LogP contribution in [0.3, 0.4) is 0 Å². The molecule has 3 heteroatoms. The molecule has 0 spiro atoms. The van der Waals surface area contributed by atoms with Crippen LogP contribution in [0, 0.1) is 17.8 Å². The Morgan fingerprint density at radius 2 is 1.27 bits per heavy atom. The molecule has 2 unspecified atom stereocenters. The van der Waals surface area contributed by atoms with E-state index in [0.29, 0.717) is 18.8 Å². The fourth-order valence-corrected chi connectivity index (χ4v) is 12.5. The van der Waals surface area contributed by atoms with Crippen molar-refractivity contribution in [3.05, 3.63) is 416 Å². The number of anilines is 3. The number of unbranched alkanes of at least 4 members (excludes halogenated alkanes) is 1. The van der Waals surface area contributed by atoms with Crippen LogP contribution in [-0.4, -0.2) is 0 Å². The lowest BCUT2D eigenvalue weighted by Crippen LogP contribution is -2.33. The van der Waals surface area contributed by atoms with Crippen molar-refractivity contribution in [1.29, 1.82) is 0 Å². The predicted molar refractivity (Wildman–Crippen MR) is 424 cm³/mol. The second-order valence-corrected chi connectivity index (χ2v) is 24.8. The SMILES string of the molecule is C=C/C=C\C(=C1\C=CC=CC1)N(C1=C\C(C(/C=C\CC(C)C)=C\C=C/C=C/N)C(C/C=C\C=C/Cc2ccccc2)\C=C\C=C(C=C)/C(/C=C(/C/C=C\C=C/CCC)CCC)=C\1N(c1ccccc1-c1ccccc1)c1cccc2ccccc12)c1ccccc1-c1ccccc1. The first-order valence-corrected chi connectivity index (χ1v) is 34.8. The maximum absolute atomic E-state index is 6.10. The highest BCUT2D eigenvalue weighted by Gasteiger charge is 2.35. The van der Waals surface area contributed by atoms with Gasteiger partial charge in [0.15, 0.2) is 0 Å². The molecule has 7 aromatic rings. The van der Waals surface area contributed by atoms with Gasteiger partial charge in [-0.1, -0.05) is 375 Å². The molecule has 0 amide bonds. The van der Waals surface area contributed by atoms with Crippen molar-refractivity contribution >= 4 is 27.8 Å². The van der Waals surface area contributed by atoms with Gasteiger partial charge in [-0.05, 0) is 132 Å². The average Bonchev–Trinajstić information content (AvgIpc) is 0.739. The van der Waals surface area contributed by atoms with Crippen molar-refractivity contribution in [2.24, 2.45) is 23.5 Å². The Labute approximate surface area is 581 Å². The quantitative estimate of drug-likeness (QED) is 0.0456. The molecule has 2 aliphatic carbocycles. The summed E-state index contributed by atoms with van der Waals surface area (Å²) >= 11 is 0. The first-order chi connectivity index (χ1) is 47.8. The summed E-state index contributed by atoms with van der Waals surface area (Å²) < 4.78 is 0. The van der Waals surface area contributed by atoms with Gasteiger partial charge in [-0.15, -0.1) is 0 Å². The molecule has 7 aromatic carbocycles. The monoisotopic (exact) mass is 1270 g/mol. The lowest BCUT2D eigenvalue weighted by Gasteiger charge is -2.41. The maximum atomic E-state index is 6.10. The van der Waals surface area contributed by atoms with E-state index < -0.39 is 0 Å². The Morgan fingerprint density at radius 1 is 0.608 bits per heavy atom. The van der Waals surface area contributed by atoms with Crippen LogP contribution in [-0.2, 0) is 6.42 Å². The number of benzene rings is 7. The molecule has 3 nitrogen and oxygen atoms in total. The third-order valence-electron chi connectivity index (χ3n) is 17.3. The summed E-state index contributed by atoms with van der Waals surface area (Å²) in [6.45, 7) is 18.3. The van der Waals surface area contributed by atoms with E-state index >= 15 is 0 Å². The van der Waals surface area contributed by atoms with E-state index in [1.54, 1.807) is 6.20 Å². The largest absolute Gasteiger partial charge is 0.405 e. The Kier molecular flexibility index (Phi) is 28.1. The maximum Gasteiger partial charge on any atom is 0.0778 e. The summed E-state index contributed by atoms with van der Waals surface area (Å²) in [7, 11) is 0. The zero-order chi connectivity index (χ0) is 67.7. The van der Waals surface area contributed by atoms with Crippen LogP contribution in [0.25, 0.3) is 33.0 Å². The number of hydrogen-bond acceptors (Lipinski definition) is 3. The third kappa shape index (κ3) is 19.9. The van der Waals surface area contributed by atoms with Gasteiger partial charge in [-0.25, -0.2) is 0 Å². The lowest BCUT2D eigenvalue weighted by atomic mass is 9.80. The summed E-state index contributed by atoms with van der Waals surface area (Å²) in [5.74, 6) is 0.0472. The number of para-hydroxylation sites is 2. The van der Waals surface area contributed by atoms with Gasteiger partial charge in [0.05, 0.1) is 28.5 Å². The number of nitrogens with zero attached hydrogens (tertiary/aromatic N) is 2. The number of allylic oxidation sites excluding steroid dienone is 32. The number of nitrogens with two attached hydrogens (primary N) is 1. The summed E-state index contributed by atoms with van der Waals surface area (Å²) in [5, 5.41) is 2.24. The Bertz CT molecular complexity index is 4280. The molecular formula is C94H97N3. The number of fused-ring (bicyclic) bond motifs is 1. The summed E-state index contributed by atoms with van der Waals surface area (Å²) in [4.78, 5) is 5.21. The standard InChI is InChI=1S/C94H97N3/c1-7-11-13-14-15-24-50-76(45-9-3)72-88-77(10-4)60-43-62-82(55-27-17-16-23-47-75-48-25-18-26-49-75)87(81(56-34-22-41-71-95)61-42-46-74(5)6)73-93(96(89(67-12-8-2)83-58-32-21-33-59-83)90-68-39-37-65-84(90)78-51-28-19-29-52-78)94(88)97(92-70-44-63-80-57-35-36-64-86(80)92)91-69-40-38-66-85(91)79-53-30-20-31-54-79/h8,10,12-44,48-49,51-54,56-58,60-74,82,87H,2,4,7,9,11,45-47,50,55,59,95H2,1,3,5-6H3/b14-13-,23-16-,24-15-,27-17-,34-22-,61-42-,62-43+,67-12-,71-41+,76-72+,77-60-,81-56-,89-83+,93-73-,94-88+. The molecule has 0 saturated carbocycles. The molecule has 0 heterocycles. The minimum atomic E-state index is -0.285. The van der Waals surface area contributed by atoms with E-state index in [9.17, 15) is 0 Å². The van der Waals surface area contributed by atoms with Gasteiger partial charge in [0.25, 0.3) is 0 Å². The Morgan fingerprint density at radius 3 is 1.97 bits per heavy atom. The summed E-state index contributed by atoms with van der Waals surface area (Å²) in [6.07, 6.45) is 70.3. The molecule has 0 bridgehead atoms. The molecule has 0 radical (unpaired) electrons. The van der Waals surface area contributed by atoms with Gasteiger partial charge in [-0.3, -0.25) is 0 Å². The molecule has 0 aromatic heterocycles. The minimum Gasteiger partial charge on any atom is -0.405 e. The van der Waals surface area contributed by atoms with Gasteiger partial charge < -0.3 is 15.5 Å².